The van der Waals surface area contributed by atoms with Crippen LogP contribution >= 0.6 is 0 Å². The van der Waals surface area contributed by atoms with Crippen molar-refractivity contribution in [1.82, 2.24) is 5.32 Å². The van der Waals surface area contributed by atoms with Gasteiger partial charge in [-0.2, -0.15) is 0 Å². The summed E-state index contributed by atoms with van der Waals surface area (Å²) in [7, 11) is 0. The number of carbonyl (C=O) groups excluding carboxylic acids is 1. The molecule has 0 aliphatic carbocycles. The van der Waals surface area contributed by atoms with E-state index in [4.69, 9.17) is 4.74 Å². The third-order valence-corrected chi connectivity index (χ3v) is 2.95. The van der Waals surface area contributed by atoms with E-state index in [1.54, 1.807) is 12.1 Å². The summed E-state index contributed by atoms with van der Waals surface area (Å²) in [5.41, 5.74) is 0.626. The largest absolute Gasteiger partial charge is 0.490 e. The Morgan fingerprint density at radius 1 is 1.61 bits per heavy atom. The van der Waals surface area contributed by atoms with Gasteiger partial charge >= 0.3 is 0 Å². The second kappa shape index (κ2) is 5.35. The molecule has 1 aliphatic rings. The highest BCUT2D eigenvalue weighted by Gasteiger charge is 2.24. The van der Waals surface area contributed by atoms with E-state index in [-0.39, 0.29) is 11.8 Å². The molecule has 1 amide bonds. The standard InChI is InChI=1S/C13H16FNO3/c1-8(16)13(17)15-11-6-3-7-18-12-9(11)4-2-5-10(12)14/h2,4-5,8,11,16H,3,6-7H2,1H3,(H,15,17). The van der Waals surface area contributed by atoms with Crippen LogP contribution in [-0.2, 0) is 4.79 Å². The smallest absolute Gasteiger partial charge is 0.249 e. The van der Waals surface area contributed by atoms with Gasteiger partial charge in [-0.15, -0.1) is 0 Å². The number of nitrogens with one attached hydrogen (secondary N) is 1. The Morgan fingerprint density at radius 3 is 3.11 bits per heavy atom. The SMILES string of the molecule is CC(O)C(=O)NC1CCCOc2c(F)cccc21. The van der Waals surface area contributed by atoms with Gasteiger partial charge < -0.3 is 15.2 Å². The average molecular weight is 253 g/mol. The molecule has 2 rings (SSSR count). The van der Waals surface area contributed by atoms with E-state index in [0.29, 0.717) is 18.6 Å². The van der Waals surface area contributed by atoms with Gasteiger partial charge in [0.05, 0.1) is 12.6 Å². The second-order valence-corrected chi connectivity index (χ2v) is 4.39. The van der Waals surface area contributed by atoms with Crippen LogP contribution in [0.5, 0.6) is 5.75 Å². The molecule has 18 heavy (non-hydrogen) atoms. The molecule has 5 heteroatoms. The maximum atomic E-state index is 13.6. The number of rotatable bonds is 2. The molecular formula is C13H16FNO3. The molecule has 0 fully saturated rings. The monoisotopic (exact) mass is 253 g/mol. The predicted octanol–water partition coefficient (Wildman–Crippen LogP) is 1.54. The Labute approximate surface area is 105 Å². The van der Waals surface area contributed by atoms with Crippen LogP contribution in [0.4, 0.5) is 4.39 Å². The number of hydrogen-bond acceptors (Lipinski definition) is 3. The van der Waals surface area contributed by atoms with Gasteiger partial charge in [0.25, 0.3) is 0 Å². The number of ether oxygens (including phenoxy) is 1. The third-order valence-electron chi connectivity index (χ3n) is 2.95. The van der Waals surface area contributed by atoms with Gasteiger partial charge in [-0.25, -0.2) is 4.39 Å². The summed E-state index contributed by atoms with van der Waals surface area (Å²) in [5, 5.41) is 11.9. The molecule has 4 nitrogen and oxygen atoms in total. The summed E-state index contributed by atoms with van der Waals surface area (Å²) in [4.78, 5) is 11.5. The Balaban J connectivity index is 2.27. The molecule has 2 unspecified atom stereocenters. The zero-order valence-electron chi connectivity index (χ0n) is 10.1. The maximum Gasteiger partial charge on any atom is 0.249 e. The van der Waals surface area contributed by atoms with Crippen LogP contribution in [0.3, 0.4) is 0 Å². The third kappa shape index (κ3) is 2.61. The lowest BCUT2D eigenvalue weighted by Gasteiger charge is -2.19. The first kappa shape index (κ1) is 12.8. The first-order chi connectivity index (χ1) is 8.59. The molecule has 0 bridgehead atoms. The number of fused-ring (bicyclic) bond motifs is 1. The fraction of sp³-hybridized carbons (Fsp3) is 0.462. The van der Waals surface area contributed by atoms with Gasteiger partial charge in [0, 0.05) is 5.56 Å². The van der Waals surface area contributed by atoms with E-state index < -0.39 is 17.8 Å². The van der Waals surface area contributed by atoms with Gasteiger partial charge in [-0.1, -0.05) is 12.1 Å². The quantitative estimate of drug-likeness (QED) is 0.840. The molecule has 0 radical (unpaired) electrons. The van der Waals surface area contributed by atoms with Crippen molar-refractivity contribution in [2.45, 2.75) is 31.9 Å². The Hall–Kier alpha value is -1.62. The lowest BCUT2D eigenvalue weighted by Crippen LogP contribution is -2.35. The molecule has 1 aromatic rings. The number of halogens is 1. The van der Waals surface area contributed by atoms with Crippen LogP contribution in [0, 0.1) is 5.82 Å². The molecule has 1 aromatic carbocycles. The molecule has 0 aromatic heterocycles. The summed E-state index contributed by atoms with van der Waals surface area (Å²) in [6.45, 7) is 1.82. The lowest BCUT2D eigenvalue weighted by atomic mass is 10.0. The van der Waals surface area contributed by atoms with Crippen molar-refractivity contribution in [3.8, 4) is 5.75 Å². The van der Waals surface area contributed by atoms with E-state index in [9.17, 15) is 14.3 Å². The molecule has 1 aliphatic heterocycles. The van der Waals surface area contributed by atoms with Gasteiger partial charge in [-0.05, 0) is 25.8 Å². The zero-order valence-corrected chi connectivity index (χ0v) is 10.1. The Bertz CT molecular complexity index is 448. The van der Waals surface area contributed by atoms with Crippen molar-refractivity contribution in [2.75, 3.05) is 6.61 Å². The van der Waals surface area contributed by atoms with Crippen LogP contribution < -0.4 is 10.1 Å². The van der Waals surface area contributed by atoms with Crippen LogP contribution in [0.15, 0.2) is 18.2 Å². The molecule has 1 heterocycles. The van der Waals surface area contributed by atoms with Crippen molar-refractivity contribution in [3.63, 3.8) is 0 Å². The summed E-state index contributed by atoms with van der Waals surface area (Å²) in [6, 6.07) is 4.33. The highest BCUT2D eigenvalue weighted by molar-refractivity contribution is 5.80. The van der Waals surface area contributed by atoms with Crippen molar-refractivity contribution in [3.05, 3.63) is 29.6 Å². The Morgan fingerprint density at radius 2 is 2.39 bits per heavy atom. The van der Waals surface area contributed by atoms with E-state index in [0.717, 1.165) is 6.42 Å². The first-order valence-corrected chi connectivity index (χ1v) is 5.99. The van der Waals surface area contributed by atoms with Crippen molar-refractivity contribution < 1.29 is 19.0 Å². The minimum absolute atomic E-state index is 0.200. The van der Waals surface area contributed by atoms with Crippen LogP contribution in [0.25, 0.3) is 0 Å². The first-order valence-electron chi connectivity index (χ1n) is 5.99. The minimum atomic E-state index is -1.08. The normalized spacial score (nSPS) is 20.3. The van der Waals surface area contributed by atoms with Gasteiger partial charge in [0.1, 0.15) is 6.10 Å². The summed E-state index contributed by atoms with van der Waals surface area (Å²) in [5.74, 6) is -0.686. The number of para-hydroxylation sites is 1. The molecule has 0 spiro atoms. The van der Waals surface area contributed by atoms with Crippen LogP contribution in [-0.4, -0.2) is 23.7 Å². The zero-order chi connectivity index (χ0) is 13.1. The molecule has 0 saturated carbocycles. The molecule has 98 valence electrons. The molecule has 0 saturated heterocycles. The number of aliphatic hydroxyl groups is 1. The number of aliphatic hydroxyl groups excluding tert-OH is 1. The number of carbonyl (C=O) groups is 1. The number of benzene rings is 1. The van der Waals surface area contributed by atoms with E-state index >= 15 is 0 Å². The summed E-state index contributed by atoms with van der Waals surface area (Å²) in [6.07, 6.45) is 0.305. The highest BCUT2D eigenvalue weighted by atomic mass is 19.1. The lowest BCUT2D eigenvalue weighted by molar-refractivity contribution is -0.129. The molecule has 2 N–H and O–H groups in total. The van der Waals surface area contributed by atoms with E-state index in [1.165, 1.54) is 13.0 Å². The van der Waals surface area contributed by atoms with Gasteiger partial charge in [0.15, 0.2) is 11.6 Å². The molecule has 2 atom stereocenters. The number of hydrogen-bond donors (Lipinski definition) is 2. The van der Waals surface area contributed by atoms with Crippen molar-refractivity contribution in [2.24, 2.45) is 0 Å². The maximum absolute atomic E-state index is 13.6. The van der Waals surface area contributed by atoms with E-state index in [2.05, 4.69) is 5.32 Å². The van der Waals surface area contributed by atoms with Crippen molar-refractivity contribution in [1.29, 1.82) is 0 Å². The average Bonchev–Trinajstić information content (AvgIpc) is 2.53. The minimum Gasteiger partial charge on any atom is -0.490 e. The highest BCUT2D eigenvalue weighted by Crippen LogP contribution is 2.33. The molecular weight excluding hydrogens is 237 g/mol. The topological polar surface area (TPSA) is 58.6 Å². The van der Waals surface area contributed by atoms with Gasteiger partial charge in [0.2, 0.25) is 5.91 Å². The fourth-order valence-electron chi connectivity index (χ4n) is 2.01. The Kier molecular flexibility index (Phi) is 3.81. The number of amides is 1. The summed E-state index contributed by atoms with van der Waals surface area (Å²) < 4.78 is 19.0. The fourth-order valence-corrected chi connectivity index (χ4v) is 2.01. The second-order valence-electron chi connectivity index (χ2n) is 4.39. The predicted molar refractivity (Wildman–Crippen MR) is 63.7 cm³/mol. The van der Waals surface area contributed by atoms with E-state index in [1.807, 2.05) is 0 Å². The van der Waals surface area contributed by atoms with Gasteiger partial charge in [-0.3, -0.25) is 4.79 Å². The van der Waals surface area contributed by atoms with Crippen molar-refractivity contribution >= 4 is 5.91 Å². The van der Waals surface area contributed by atoms with Crippen LogP contribution in [0.2, 0.25) is 0 Å². The summed E-state index contributed by atoms with van der Waals surface area (Å²) >= 11 is 0. The van der Waals surface area contributed by atoms with Crippen LogP contribution in [0.1, 0.15) is 31.4 Å².